The molecule has 1 atom stereocenters. The lowest BCUT2D eigenvalue weighted by molar-refractivity contribution is 0.0754. The lowest BCUT2D eigenvalue weighted by Gasteiger charge is -2.23. The van der Waals surface area contributed by atoms with Crippen LogP contribution in [0.3, 0.4) is 0 Å². The molecule has 1 amide bonds. The topological polar surface area (TPSA) is 42.4 Å². The first-order valence-electron chi connectivity index (χ1n) is 4.94. The van der Waals surface area contributed by atoms with Gasteiger partial charge in [-0.05, 0) is 19.1 Å². The molecule has 0 aliphatic rings. The van der Waals surface area contributed by atoms with Gasteiger partial charge < -0.3 is 9.64 Å². The summed E-state index contributed by atoms with van der Waals surface area (Å²) in [7, 11) is 3.27. The Morgan fingerprint density at radius 2 is 2.38 bits per heavy atom. The summed E-state index contributed by atoms with van der Waals surface area (Å²) in [6, 6.07) is 3.56. The van der Waals surface area contributed by atoms with Crippen molar-refractivity contribution in [1.82, 2.24) is 9.88 Å². The van der Waals surface area contributed by atoms with Gasteiger partial charge in [-0.25, -0.2) is 4.98 Å². The molecule has 88 valence electrons. The van der Waals surface area contributed by atoms with E-state index >= 15 is 0 Å². The van der Waals surface area contributed by atoms with Crippen LogP contribution in [0, 0.1) is 0 Å². The van der Waals surface area contributed by atoms with Crippen molar-refractivity contribution in [3.8, 4) is 5.88 Å². The van der Waals surface area contributed by atoms with Crippen LogP contribution in [0.2, 0.25) is 0 Å². The van der Waals surface area contributed by atoms with Gasteiger partial charge in [-0.1, -0.05) is 15.9 Å². The quantitative estimate of drug-likeness (QED) is 0.795. The van der Waals surface area contributed by atoms with Crippen molar-refractivity contribution >= 4 is 21.8 Å². The first-order valence-corrected chi connectivity index (χ1v) is 6.06. The number of methoxy groups -OCH3 is 1. The first kappa shape index (κ1) is 13.0. The normalized spacial score (nSPS) is 12.0. The van der Waals surface area contributed by atoms with Gasteiger partial charge in [0.25, 0.3) is 5.91 Å². The number of nitrogens with zero attached hydrogens (tertiary/aromatic N) is 2. The maximum absolute atomic E-state index is 12.1. The van der Waals surface area contributed by atoms with E-state index in [0.29, 0.717) is 11.4 Å². The second-order valence-electron chi connectivity index (χ2n) is 3.48. The minimum absolute atomic E-state index is 0.0862. The third-order valence-electron chi connectivity index (χ3n) is 2.40. The summed E-state index contributed by atoms with van der Waals surface area (Å²) in [5, 5.41) is 0.734. The van der Waals surface area contributed by atoms with E-state index in [1.54, 1.807) is 30.3 Å². The molecule has 0 aliphatic carbocycles. The average molecular weight is 287 g/mol. The van der Waals surface area contributed by atoms with E-state index in [0.717, 1.165) is 5.33 Å². The lowest BCUT2D eigenvalue weighted by atomic mass is 10.2. The van der Waals surface area contributed by atoms with Gasteiger partial charge in [-0.2, -0.15) is 0 Å². The van der Waals surface area contributed by atoms with Gasteiger partial charge in [0.05, 0.1) is 7.11 Å². The van der Waals surface area contributed by atoms with Crippen LogP contribution in [0.25, 0.3) is 0 Å². The van der Waals surface area contributed by atoms with Crippen LogP contribution in [0.1, 0.15) is 17.3 Å². The second kappa shape index (κ2) is 5.84. The van der Waals surface area contributed by atoms with E-state index in [4.69, 9.17) is 4.74 Å². The molecule has 0 spiro atoms. The third-order valence-corrected chi connectivity index (χ3v) is 3.34. The number of amides is 1. The third kappa shape index (κ3) is 2.72. The maximum atomic E-state index is 12.1. The van der Waals surface area contributed by atoms with Gasteiger partial charge in [-0.3, -0.25) is 4.79 Å². The fraction of sp³-hybridized carbons (Fsp3) is 0.455. The largest absolute Gasteiger partial charge is 0.480 e. The van der Waals surface area contributed by atoms with Gasteiger partial charge in [0.2, 0.25) is 5.88 Å². The highest BCUT2D eigenvalue weighted by atomic mass is 79.9. The first-order chi connectivity index (χ1) is 7.61. The average Bonchev–Trinajstić information content (AvgIpc) is 2.35. The van der Waals surface area contributed by atoms with E-state index in [9.17, 15) is 4.79 Å². The zero-order valence-corrected chi connectivity index (χ0v) is 11.2. The minimum Gasteiger partial charge on any atom is -0.480 e. The Balaban J connectivity index is 2.95. The van der Waals surface area contributed by atoms with Crippen LogP contribution >= 0.6 is 15.9 Å². The Hall–Kier alpha value is -1.10. The van der Waals surface area contributed by atoms with Crippen molar-refractivity contribution in [2.45, 2.75) is 13.0 Å². The number of aromatic nitrogens is 1. The van der Waals surface area contributed by atoms with Gasteiger partial charge in [0.1, 0.15) is 5.56 Å². The summed E-state index contributed by atoms with van der Waals surface area (Å²) in [5.41, 5.74) is 0.486. The SMILES string of the molecule is COc1ncccc1C(=O)N(C)C(C)CBr. The molecule has 1 rings (SSSR count). The summed E-state index contributed by atoms with van der Waals surface area (Å²) >= 11 is 3.35. The number of rotatable bonds is 4. The molecule has 0 aromatic carbocycles. The number of carbonyl (C=O) groups is 1. The number of pyridine rings is 1. The number of alkyl halides is 1. The molecule has 1 unspecified atom stereocenters. The van der Waals surface area contributed by atoms with E-state index in [1.165, 1.54) is 7.11 Å². The molecule has 0 radical (unpaired) electrons. The molecular formula is C11H15BrN2O2. The van der Waals surface area contributed by atoms with E-state index < -0.39 is 0 Å². The number of carbonyl (C=O) groups excluding carboxylic acids is 1. The molecule has 1 heterocycles. The Labute approximate surface area is 104 Å². The predicted octanol–water partition coefficient (Wildman–Crippen LogP) is 1.95. The van der Waals surface area contributed by atoms with Crippen molar-refractivity contribution in [1.29, 1.82) is 0 Å². The smallest absolute Gasteiger partial charge is 0.259 e. The molecule has 1 aromatic rings. The van der Waals surface area contributed by atoms with E-state index in [-0.39, 0.29) is 11.9 Å². The summed E-state index contributed by atoms with van der Waals surface area (Å²) in [6.45, 7) is 1.97. The molecule has 0 saturated heterocycles. The fourth-order valence-corrected chi connectivity index (χ4v) is 1.64. The van der Waals surface area contributed by atoms with Crippen molar-refractivity contribution in [3.05, 3.63) is 23.9 Å². The van der Waals surface area contributed by atoms with Gasteiger partial charge in [-0.15, -0.1) is 0 Å². The fourth-order valence-electron chi connectivity index (χ4n) is 1.21. The van der Waals surface area contributed by atoms with Crippen LogP contribution in [-0.4, -0.2) is 41.3 Å². The number of ether oxygens (including phenoxy) is 1. The minimum atomic E-state index is -0.0862. The van der Waals surface area contributed by atoms with Crippen LogP contribution in [0.5, 0.6) is 5.88 Å². The summed E-state index contributed by atoms with van der Waals surface area (Å²) in [5.74, 6) is 0.276. The van der Waals surface area contributed by atoms with Crippen LogP contribution < -0.4 is 4.74 Å². The Morgan fingerprint density at radius 3 is 2.94 bits per heavy atom. The molecule has 0 fully saturated rings. The molecule has 0 saturated carbocycles. The Kier molecular flexibility index (Phi) is 4.73. The van der Waals surface area contributed by atoms with Crippen molar-refractivity contribution < 1.29 is 9.53 Å². The molecule has 16 heavy (non-hydrogen) atoms. The van der Waals surface area contributed by atoms with Crippen molar-refractivity contribution in [2.75, 3.05) is 19.5 Å². The van der Waals surface area contributed by atoms with Crippen LogP contribution in [0.15, 0.2) is 18.3 Å². The maximum Gasteiger partial charge on any atom is 0.259 e. The standard InChI is InChI=1S/C11H15BrN2O2/c1-8(7-12)14(2)11(15)9-5-4-6-13-10(9)16-3/h4-6,8H,7H2,1-3H3. The van der Waals surface area contributed by atoms with E-state index in [2.05, 4.69) is 20.9 Å². The van der Waals surface area contributed by atoms with Gasteiger partial charge >= 0.3 is 0 Å². The number of hydrogen-bond donors (Lipinski definition) is 0. The number of hydrogen-bond acceptors (Lipinski definition) is 3. The molecule has 4 nitrogen and oxygen atoms in total. The Morgan fingerprint density at radius 1 is 1.69 bits per heavy atom. The van der Waals surface area contributed by atoms with Crippen molar-refractivity contribution in [2.24, 2.45) is 0 Å². The Bertz CT molecular complexity index is 371. The molecule has 0 aliphatic heterocycles. The van der Waals surface area contributed by atoms with Crippen LogP contribution in [-0.2, 0) is 0 Å². The predicted molar refractivity (Wildman–Crippen MR) is 66.1 cm³/mol. The summed E-state index contributed by atoms with van der Waals surface area (Å²) in [6.07, 6.45) is 1.60. The molecule has 1 aromatic heterocycles. The summed E-state index contributed by atoms with van der Waals surface area (Å²) in [4.78, 5) is 17.8. The second-order valence-corrected chi connectivity index (χ2v) is 4.13. The van der Waals surface area contributed by atoms with Crippen molar-refractivity contribution in [3.63, 3.8) is 0 Å². The van der Waals surface area contributed by atoms with Gasteiger partial charge in [0, 0.05) is 24.6 Å². The monoisotopic (exact) mass is 286 g/mol. The zero-order valence-electron chi connectivity index (χ0n) is 9.61. The number of halogens is 1. The summed E-state index contributed by atoms with van der Waals surface area (Å²) < 4.78 is 5.06. The van der Waals surface area contributed by atoms with Crippen LogP contribution in [0.4, 0.5) is 0 Å². The highest BCUT2D eigenvalue weighted by Gasteiger charge is 2.20. The molecular weight excluding hydrogens is 272 g/mol. The molecule has 5 heteroatoms. The lowest BCUT2D eigenvalue weighted by Crippen LogP contribution is -2.36. The van der Waals surface area contributed by atoms with E-state index in [1.807, 2.05) is 6.92 Å². The highest BCUT2D eigenvalue weighted by Crippen LogP contribution is 2.16. The zero-order chi connectivity index (χ0) is 12.1. The molecule has 0 bridgehead atoms. The molecule has 0 N–H and O–H groups in total. The highest BCUT2D eigenvalue weighted by molar-refractivity contribution is 9.09. The van der Waals surface area contributed by atoms with Gasteiger partial charge in [0.15, 0.2) is 0 Å².